The molecule has 0 spiro atoms. The average molecular weight is 598 g/mol. The summed E-state index contributed by atoms with van der Waals surface area (Å²) in [6.07, 6.45) is 1.82. The van der Waals surface area contributed by atoms with Crippen LogP contribution >= 0.6 is 11.6 Å². The van der Waals surface area contributed by atoms with Crippen LogP contribution in [0.5, 0.6) is 0 Å². The van der Waals surface area contributed by atoms with E-state index in [1.54, 1.807) is 30.0 Å². The maximum absolute atomic E-state index is 13.9. The van der Waals surface area contributed by atoms with Crippen molar-refractivity contribution in [1.82, 2.24) is 10.2 Å². The van der Waals surface area contributed by atoms with Crippen LogP contribution in [0.25, 0.3) is 0 Å². The Bertz CT molecular complexity index is 1420. The highest BCUT2D eigenvalue weighted by atomic mass is 35.5. The molecule has 0 aliphatic carbocycles. The quantitative estimate of drug-likeness (QED) is 0.288. The summed E-state index contributed by atoms with van der Waals surface area (Å²) in [6, 6.07) is 23.5. The SMILES string of the molecule is Cc1c(Cl)cccc1N(CCCC(=O)N(Cc1ccccc1)C(Cc1ccccc1)C(=O)NC(C)(C)C)S(C)(=O)=O. The first-order chi connectivity index (χ1) is 19.3. The Hall–Kier alpha value is -3.36. The van der Waals surface area contributed by atoms with E-state index >= 15 is 0 Å². The van der Waals surface area contributed by atoms with E-state index in [2.05, 4.69) is 5.32 Å². The topological polar surface area (TPSA) is 86.8 Å². The number of rotatable bonds is 12. The lowest BCUT2D eigenvalue weighted by atomic mass is 10.00. The first kappa shape index (κ1) is 32.2. The smallest absolute Gasteiger partial charge is 0.243 e. The summed E-state index contributed by atoms with van der Waals surface area (Å²) in [5.41, 5.74) is 2.48. The second-order valence-corrected chi connectivity index (χ2v) is 13.6. The molecule has 0 saturated carbocycles. The number of hydrogen-bond donors (Lipinski definition) is 1. The van der Waals surface area contributed by atoms with Gasteiger partial charge in [-0.3, -0.25) is 13.9 Å². The molecule has 220 valence electrons. The minimum Gasteiger partial charge on any atom is -0.350 e. The highest BCUT2D eigenvalue weighted by molar-refractivity contribution is 7.92. The molecular formula is C32H40ClN3O4S. The van der Waals surface area contributed by atoms with Gasteiger partial charge < -0.3 is 10.2 Å². The fourth-order valence-corrected chi connectivity index (χ4v) is 5.82. The van der Waals surface area contributed by atoms with Crippen molar-refractivity contribution in [2.75, 3.05) is 17.1 Å². The number of sulfonamides is 1. The summed E-state index contributed by atoms with van der Waals surface area (Å²) in [4.78, 5) is 29.2. The summed E-state index contributed by atoms with van der Waals surface area (Å²) in [6.45, 7) is 7.84. The number of anilines is 1. The van der Waals surface area contributed by atoms with Crippen molar-refractivity contribution in [2.24, 2.45) is 0 Å². The van der Waals surface area contributed by atoms with Gasteiger partial charge in [0, 0.05) is 36.5 Å². The number of benzene rings is 3. The maximum atomic E-state index is 13.9. The molecule has 0 saturated heterocycles. The highest BCUT2D eigenvalue weighted by Gasteiger charge is 2.32. The molecule has 3 aromatic carbocycles. The van der Waals surface area contributed by atoms with Crippen LogP contribution in [0.1, 0.15) is 50.3 Å². The predicted molar refractivity (Wildman–Crippen MR) is 166 cm³/mol. The van der Waals surface area contributed by atoms with Crippen molar-refractivity contribution in [3.8, 4) is 0 Å². The van der Waals surface area contributed by atoms with Crippen LogP contribution in [-0.2, 0) is 32.6 Å². The number of amides is 2. The van der Waals surface area contributed by atoms with Crippen molar-refractivity contribution >= 4 is 39.1 Å². The standard InChI is InChI=1S/C32H40ClN3O4S/c1-24-27(33)18-12-19-28(24)36(41(5,39)40)21-13-20-30(37)35(23-26-16-10-7-11-17-26)29(31(38)34-32(2,3)4)22-25-14-8-6-9-15-25/h6-12,14-19,29H,13,20-23H2,1-5H3,(H,34,38). The average Bonchev–Trinajstić information content (AvgIpc) is 2.90. The molecule has 1 unspecified atom stereocenters. The van der Waals surface area contributed by atoms with E-state index in [-0.39, 0.29) is 37.7 Å². The first-order valence-electron chi connectivity index (χ1n) is 13.7. The normalized spacial score (nSPS) is 12.4. The lowest BCUT2D eigenvalue weighted by Gasteiger charge is -2.34. The third-order valence-electron chi connectivity index (χ3n) is 6.63. The molecule has 3 aromatic rings. The fraction of sp³-hybridized carbons (Fsp3) is 0.375. The Labute approximate surface area is 249 Å². The van der Waals surface area contributed by atoms with E-state index in [9.17, 15) is 18.0 Å². The Morgan fingerprint density at radius 3 is 2.05 bits per heavy atom. The predicted octanol–water partition coefficient (Wildman–Crippen LogP) is 5.75. The van der Waals surface area contributed by atoms with Crippen molar-refractivity contribution in [2.45, 2.75) is 65.1 Å². The summed E-state index contributed by atoms with van der Waals surface area (Å²) in [5.74, 6) is -0.465. The largest absolute Gasteiger partial charge is 0.350 e. The minimum atomic E-state index is -3.63. The molecule has 7 nitrogen and oxygen atoms in total. The fourth-order valence-electron chi connectivity index (χ4n) is 4.64. The van der Waals surface area contributed by atoms with Gasteiger partial charge in [-0.2, -0.15) is 0 Å². The van der Waals surface area contributed by atoms with Gasteiger partial charge >= 0.3 is 0 Å². The summed E-state index contributed by atoms with van der Waals surface area (Å²) < 4.78 is 26.7. The second-order valence-electron chi connectivity index (χ2n) is 11.3. The maximum Gasteiger partial charge on any atom is 0.243 e. The molecule has 41 heavy (non-hydrogen) atoms. The van der Waals surface area contributed by atoms with Crippen molar-refractivity contribution < 1.29 is 18.0 Å². The molecule has 0 aliphatic heterocycles. The van der Waals surface area contributed by atoms with Crippen LogP contribution in [0.2, 0.25) is 5.02 Å². The number of hydrogen-bond acceptors (Lipinski definition) is 4. The van der Waals surface area contributed by atoms with Gasteiger partial charge in [0.05, 0.1) is 11.9 Å². The zero-order valence-corrected chi connectivity index (χ0v) is 26.0. The van der Waals surface area contributed by atoms with Gasteiger partial charge in [-0.05, 0) is 62.9 Å². The zero-order chi connectivity index (χ0) is 30.2. The first-order valence-corrected chi connectivity index (χ1v) is 15.9. The summed E-state index contributed by atoms with van der Waals surface area (Å²) >= 11 is 6.27. The van der Waals surface area contributed by atoms with E-state index in [1.165, 1.54) is 4.31 Å². The Balaban J connectivity index is 1.90. The summed E-state index contributed by atoms with van der Waals surface area (Å²) in [7, 11) is -3.63. The van der Waals surface area contributed by atoms with Gasteiger partial charge in [-0.25, -0.2) is 8.42 Å². The number of nitrogens with zero attached hydrogens (tertiary/aromatic N) is 2. The van der Waals surface area contributed by atoms with Gasteiger partial charge in [-0.15, -0.1) is 0 Å². The van der Waals surface area contributed by atoms with E-state index in [0.717, 1.165) is 17.4 Å². The van der Waals surface area contributed by atoms with E-state index < -0.39 is 21.6 Å². The molecule has 1 atom stereocenters. The third-order valence-corrected chi connectivity index (χ3v) is 8.21. The molecule has 0 aliphatic rings. The number of carbonyl (C=O) groups is 2. The molecule has 2 amide bonds. The van der Waals surface area contributed by atoms with Gasteiger partial charge in [0.2, 0.25) is 21.8 Å². The number of halogens is 1. The Morgan fingerprint density at radius 2 is 1.49 bits per heavy atom. The van der Waals surface area contributed by atoms with Crippen molar-refractivity contribution in [3.05, 3.63) is 101 Å². The molecule has 0 bridgehead atoms. The molecule has 0 heterocycles. The Kier molecular flexibility index (Phi) is 11.0. The molecule has 1 N–H and O–H groups in total. The summed E-state index contributed by atoms with van der Waals surface area (Å²) in [5, 5.41) is 3.52. The van der Waals surface area contributed by atoms with Gasteiger partial charge in [0.25, 0.3) is 0 Å². The van der Waals surface area contributed by atoms with E-state index in [1.807, 2.05) is 81.4 Å². The monoisotopic (exact) mass is 597 g/mol. The molecule has 0 aromatic heterocycles. The van der Waals surface area contributed by atoms with Crippen molar-refractivity contribution in [3.63, 3.8) is 0 Å². The van der Waals surface area contributed by atoms with Gasteiger partial charge in [0.1, 0.15) is 6.04 Å². The minimum absolute atomic E-state index is 0.0621. The van der Waals surface area contributed by atoms with Crippen LogP contribution in [0, 0.1) is 6.92 Å². The van der Waals surface area contributed by atoms with Crippen LogP contribution < -0.4 is 9.62 Å². The van der Waals surface area contributed by atoms with Gasteiger partial charge in [0.15, 0.2) is 0 Å². The highest BCUT2D eigenvalue weighted by Crippen LogP contribution is 2.28. The molecule has 9 heteroatoms. The van der Waals surface area contributed by atoms with Gasteiger partial charge in [-0.1, -0.05) is 78.3 Å². The molecule has 3 rings (SSSR count). The molecule has 0 fully saturated rings. The van der Waals surface area contributed by atoms with E-state index in [0.29, 0.717) is 22.7 Å². The number of carbonyl (C=O) groups excluding carboxylic acids is 2. The number of nitrogens with one attached hydrogen (secondary N) is 1. The second kappa shape index (κ2) is 14.0. The van der Waals surface area contributed by atoms with Crippen LogP contribution in [0.3, 0.4) is 0 Å². The van der Waals surface area contributed by atoms with E-state index in [4.69, 9.17) is 11.6 Å². The lowest BCUT2D eigenvalue weighted by molar-refractivity contribution is -0.142. The third kappa shape index (κ3) is 9.61. The Morgan fingerprint density at radius 1 is 0.902 bits per heavy atom. The zero-order valence-electron chi connectivity index (χ0n) is 24.4. The molecular weight excluding hydrogens is 558 g/mol. The van der Waals surface area contributed by atoms with Crippen molar-refractivity contribution in [1.29, 1.82) is 0 Å². The van der Waals surface area contributed by atoms with Crippen LogP contribution in [0.4, 0.5) is 5.69 Å². The lowest BCUT2D eigenvalue weighted by Crippen LogP contribution is -2.54. The molecule has 0 radical (unpaired) electrons. The van der Waals surface area contributed by atoms with Crippen LogP contribution in [0.15, 0.2) is 78.9 Å². The van der Waals surface area contributed by atoms with Crippen LogP contribution in [-0.4, -0.2) is 49.5 Å².